The summed E-state index contributed by atoms with van der Waals surface area (Å²) in [6, 6.07) is 7.67. The fraction of sp³-hybridized carbons (Fsp3) is 0.250. The molecule has 0 bridgehead atoms. The van der Waals surface area contributed by atoms with Crippen LogP contribution in [0.5, 0.6) is 0 Å². The highest BCUT2D eigenvalue weighted by Gasteiger charge is 2.12. The number of aryl methyl sites for hydroxylation is 1. The smallest absolute Gasteiger partial charge is 0.265 e. The van der Waals surface area contributed by atoms with E-state index in [0.717, 1.165) is 16.5 Å². The SMILES string of the molecule is Cc1ccc2c(c1)cc(C(N)=O)n2CCO. The number of benzene rings is 1. The van der Waals surface area contributed by atoms with E-state index in [1.807, 2.05) is 25.1 Å². The maximum Gasteiger partial charge on any atom is 0.265 e. The average molecular weight is 218 g/mol. The quantitative estimate of drug-likeness (QED) is 0.808. The third-order valence-electron chi connectivity index (χ3n) is 2.63. The lowest BCUT2D eigenvalue weighted by atomic mass is 10.2. The monoisotopic (exact) mass is 218 g/mol. The topological polar surface area (TPSA) is 68.2 Å². The number of carbonyl (C=O) groups is 1. The van der Waals surface area contributed by atoms with Gasteiger partial charge in [0.25, 0.3) is 5.91 Å². The van der Waals surface area contributed by atoms with Gasteiger partial charge < -0.3 is 15.4 Å². The Balaban J connectivity index is 2.70. The minimum atomic E-state index is -0.470. The van der Waals surface area contributed by atoms with Crippen LogP contribution in [0.25, 0.3) is 10.9 Å². The Labute approximate surface area is 93.3 Å². The molecule has 0 unspecified atom stereocenters. The van der Waals surface area contributed by atoms with E-state index in [2.05, 4.69) is 0 Å². The van der Waals surface area contributed by atoms with Gasteiger partial charge in [0.15, 0.2) is 0 Å². The third kappa shape index (κ3) is 1.67. The third-order valence-corrected chi connectivity index (χ3v) is 2.63. The molecule has 2 rings (SSSR count). The molecular formula is C12H14N2O2. The largest absolute Gasteiger partial charge is 0.395 e. The van der Waals surface area contributed by atoms with Crippen molar-refractivity contribution < 1.29 is 9.90 Å². The maximum atomic E-state index is 11.3. The van der Waals surface area contributed by atoms with Crippen LogP contribution >= 0.6 is 0 Å². The average Bonchev–Trinajstić information content (AvgIpc) is 2.57. The first-order valence-electron chi connectivity index (χ1n) is 5.14. The molecule has 0 aliphatic rings. The number of amides is 1. The van der Waals surface area contributed by atoms with Gasteiger partial charge in [-0.3, -0.25) is 4.79 Å². The van der Waals surface area contributed by atoms with Gasteiger partial charge >= 0.3 is 0 Å². The molecule has 0 spiro atoms. The van der Waals surface area contributed by atoms with E-state index in [-0.39, 0.29) is 6.61 Å². The molecule has 1 amide bonds. The van der Waals surface area contributed by atoms with Crippen LogP contribution in [0.3, 0.4) is 0 Å². The fourth-order valence-electron chi connectivity index (χ4n) is 1.94. The van der Waals surface area contributed by atoms with E-state index < -0.39 is 5.91 Å². The summed E-state index contributed by atoms with van der Waals surface area (Å²) in [5.74, 6) is -0.470. The standard InChI is InChI=1S/C12H14N2O2/c1-8-2-3-10-9(6-8)7-11(12(13)16)14(10)4-5-15/h2-3,6-7,15H,4-5H2,1H3,(H2,13,16). The van der Waals surface area contributed by atoms with Crippen LogP contribution in [0.1, 0.15) is 16.1 Å². The molecular weight excluding hydrogens is 204 g/mol. The number of aliphatic hydroxyl groups is 1. The lowest BCUT2D eigenvalue weighted by Gasteiger charge is -2.06. The number of nitrogens with two attached hydrogens (primary N) is 1. The molecule has 4 nitrogen and oxygen atoms in total. The first kappa shape index (κ1) is 10.7. The molecule has 2 aromatic rings. The molecule has 0 radical (unpaired) electrons. The number of carbonyl (C=O) groups excluding carboxylic acids is 1. The molecule has 16 heavy (non-hydrogen) atoms. The zero-order valence-corrected chi connectivity index (χ0v) is 9.10. The number of hydrogen-bond donors (Lipinski definition) is 2. The summed E-state index contributed by atoms with van der Waals surface area (Å²) in [7, 11) is 0. The van der Waals surface area contributed by atoms with Gasteiger partial charge in [-0.05, 0) is 25.1 Å². The predicted molar refractivity (Wildman–Crippen MR) is 62.3 cm³/mol. The molecule has 0 saturated carbocycles. The van der Waals surface area contributed by atoms with Crippen molar-refractivity contribution in [1.29, 1.82) is 0 Å². The van der Waals surface area contributed by atoms with Crippen LogP contribution in [0.2, 0.25) is 0 Å². The van der Waals surface area contributed by atoms with E-state index in [9.17, 15) is 4.79 Å². The number of nitrogens with zero attached hydrogens (tertiary/aromatic N) is 1. The molecule has 1 aromatic heterocycles. The summed E-state index contributed by atoms with van der Waals surface area (Å²) in [5.41, 5.74) is 7.80. The van der Waals surface area contributed by atoms with E-state index >= 15 is 0 Å². The van der Waals surface area contributed by atoms with Crippen molar-refractivity contribution in [3.8, 4) is 0 Å². The molecule has 3 N–H and O–H groups in total. The molecule has 0 saturated heterocycles. The Morgan fingerprint density at radius 2 is 2.19 bits per heavy atom. The second kappa shape index (κ2) is 3.98. The van der Waals surface area contributed by atoms with Gasteiger partial charge in [-0.25, -0.2) is 0 Å². The highest BCUT2D eigenvalue weighted by Crippen LogP contribution is 2.21. The van der Waals surface area contributed by atoms with Crippen molar-refractivity contribution in [3.05, 3.63) is 35.5 Å². The molecule has 0 aliphatic carbocycles. The summed E-state index contributed by atoms with van der Waals surface area (Å²) in [4.78, 5) is 11.3. The number of rotatable bonds is 3. The number of aliphatic hydroxyl groups excluding tert-OH is 1. The fourth-order valence-corrected chi connectivity index (χ4v) is 1.94. The molecule has 4 heteroatoms. The van der Waals surface area contributed by atoms with Crippen LogP contribution in [0, 0.1) is 6.92 Å². The first-order valence-corrected chi connectivity index (χ1v) is 5.14. The van der Waals surface area contributed by atoms with Crippen LogP contribution < -0.4 is 5.73 Å². The van der Waals surface area contributed by atoms with E-state index in [1.54, 1.807) is 10.6 Å². The second-order valence-electron chi connectivity index (χ2n) is 3.83. The zero-order valence-electron chi connectivity index (χ0n) is 9.10. The van der Waals surface area contributed by atoms with Crippen molar-refractivity contribution >= 4 is 16.8 Å². The van der Waals surface area contributed by atoms with E-state index in [0.29, 0.717) is 12.2 Å². The minimum absolute atomic E-state index is 0.0159. The molecule has 0 fully saturated rings. The molecule has 84 valence electrons. The highest BCUT2D eigenvalue weighted by atomic mass is 16.3. The number of fused-ring (bicyclic) bond motifs is 1. The lowest BCUT2D eigenvalue weighted by molar-refractivity contribution is 0.0991. The zero-order chi connectivity index (χ0) is 11.7. The van der Waals surface area contributed by atoms with Gasteiger partial charge in [0, 0.05) is 17.4 Å². The maximum absolute atomic E-state index is 11.3. The summed E-state index contributed by atoms with van der Waals surface area (Å²) in [6.45, 7) is 2.36. The van der Waals surface area contributed by atoms with Gasteiger partial charge in [0.2, 0.25) is 0 Å². The van der Waals surface area contributed by atoms with Crippen LogP contribution in [0.15, 0.2) is 24.3 Å². The van der Waals surface area contributed by atoms with Gasteiger partial charge in [-0.2, -0.15) is 0 Å². The van der Waals surface area contributed by atoms with E-state index in [1.165, 1.54) is 0 Å². The van der Waals surface area contributed by atoms with Crippen molar-refractivity contribution in [3.63, 3.8) is 0 Å². The Morgan fingerprint density at radius 1 is 1.44 bits per heavy atom. The van der Waals surface area contributed by atoms with Crippen molar-refractivity contribution in [2.24, 2.45) is 5.73 Å². The predicted octanol–water partition coefficient (Wildman–Crippen LogP) is 1.04. The number of primary amides is 1. The molecule has 1 heterocycles. The van der Waals surface area contributed by atoms with Crippen LogP contribution in [0.4, 0.5) is 0 Å². The molecule has 0 aliphatic heterocycles. The van der Waals surface area contributed by atoms with Gasteiger partial charge in [-0.1, -0.05) is 11.6 Å². The number of hydrogen-bond acceptors (Lipinski definition) is 2. The Kier molecular flexibility index (Phi) is 2.66. The van der Waals surface area contributed by atoms with Crippen molar-refractivity contribution in [1.82, 2.24) is 4.57 Å². The Morgan fingerprint density at radius 3 is 2.81 bits per heavy atom. The van der Waals surface area contributed by atoms with Crippen molar-refractivity contribution in [2.45, 2.75) is 13.5 Å². The summed E-state index contributed by atoms with van der Waals surface area (Å²) >= 11 is 0. The van der Waals surface area contributed by atoms with Gasteiger partial charge in [-0.15, -0.1) is 0 Å². The Hall–Kier alpha value is -1.81. The molecule has 1 aromatic carbocycles. The lowest BCUT2D eigenvalue weighted by Crippen LogP contribution is -2.17. The normalized spacial score (nSPS) is 10.9. The van der Waals surface area contributed by atoms with Crippen LogP contribution in [-0.2, 0) is 6.54 Å². The summed E-state index contributed by atoms with van der Waals surface area (Å²) in [6.07, 6.45) is 0. The van der Waals surface area contributed by atoms with Gasteiger partial charge in [0.05, 0.1) is 6.61 Å². The highest BCUT2D eigenvalue weighted by molar-refractivity contribution is 5.97. The van der Waals surface area contributed by atoms with Crippen molar-refractivity contribution in [2.75, 3.05) is 6.61 Å². The van der Waals surface area contributed by atoms with E-state index in [4.69, 9.17) is 10.8 Å². The summed E-state index contributed by atoms with van der Waals surface area (Å²) < 4.78 is 1.75. The van der Waals surface area contributed by atoms with Crippen LogP contribution in [-0.4, -0.2) is 22.2 Å². The first-order chi connectivity index (χ1) is 7.63. The second-order valence-corrected chi connectivity index (χ2v) is 3.83. The van der Waals surface area contributed by atoms with Gasteiger partial charge in [0.1, 0.15) is 5.69 Å². The summed E-state index contributed by atoms with van der Waals surface area (Å²) in [5, 5.41) is 9.96. The molecule has 0 atom stereocenters. The minimum Gasteiger partial charge on any atom is -0.395 e. The Bertz CT molecular complexity index is 543. The number of aromatic nitrogens is 1.